The van der Waals surface area contributed by atoms with Crippen molar-refractivity contribution in [1.29, 1.82) is 0 Å². The highest BCUT2D eigenvalue weighted by Crippen LogP contribution is 2.16. The van der Waals surface area contributed by atoms with E-state index in [2.05, 4.69) is 13.8 Å². The SMILES string of the molecule is CCCC[C@@H](C)CC(=O)CCCCCCCCCCCCCCCCCC(=O)O. The average molecular weight is 411 g/mol. The maximum atomic E-state index is 12.0. The zero-order valence-corrected chi connectivity index (χ0v) is 19.7. The molecule has 1 atom stereocenters. The smallest absolute Gasteiger partial charge is 0.303 e. The van der Waals surface area contributed by atoms with E-state index in [1.807, 2.05) is 0 Å². The molecule has 0 unspecified atom stereocenters. The van der Waals surface area contributed by atoms with Crippen LogP contribution >= 0.6 is 0 Å². The van der Waals surface area contributed by atoms with Crippen LogP contribution in [0.15, 0.2) is 0 Å². The van der Waals surface area contributed by atoms with E-state index in [0.717, 1.165) is 32.1 Å². The third-order valence-corrected chi connectivity index (χ3v) is 5.97. The Morgan fingerprint density at radius 2 is 1.00 bits per heavy atom. The van der Waals surface area contributed by atoms with E-state index >= 15 is 0 Å². The van der Waals surface area contributed by atoms with Crippen LogP contribution in [0.25, 0.3) is 0 Å². The molecular weight excluding hydrogens is 360 g/mol. The molecule has 1 N–H and O–H groups in total. The average Bonchev–Trinajstić information content (AvgIpc) is 2.68. The quantitative estimate of drug-likeness (QED) is 0.172. The highest BCUT2D eigenvalue weighted by Gasteiger charge is 2.08. The third-order valence-electron chi connectivity index (χ3n) is 5.97. The second-order valence-corrected chi connectivity index (χ2v) is 9.19. The molecule has 0 aromatic carbocycles. The molecule has 0 heterocycles. The highest BCUT2D eigenvalue weighted by atomic mass is 16.4. The summed E-state index contributed by atoms with van der Waals surface area (Å²) in [4.78, 5) is 22.4. The molecule has 0 saturated heterocycles. The summed E-state index contributed by atoms with van der Waals surface area (Å²) in [6.45, 7) is 4.44. The zero-order valence-electron chi connectivity index (χ0n) is 19.7. The number of hydrogen-bond donors (Lipinski definition) is 1. The molecule has 3 heteroatoms. The van der Waals surface area contributed by atoms with Gasteiger partial charge >= 0.3 is 5.97 Å². The Balaban J connectivity index is 3.18. The lowest BCUT2D eigenvalue weighted by Crippen LogP contribution is -2.05. The van der Waals surface area contributed by atoms with Gasteiger partial charge in [-0.3, -0.25) is 9.59 Å². The van der Waals surface area contributed by atoms with Crippen LogP contribution in [0.3, 0.4) is 0 Å². The Bertz CT molecular complexity index is 378. The number of carbonyl (C=O) groups is 2. The first-order valence-electron chi connectivity index (χ1n) is 12.8. The number of Topliss-reactive ketones (excluding diaryl/α,β-unsaturated/α-hetero) is 1. The fourth-order valence-electron chi connectivity index (χ4n) is 4.04. The summed E-state index contributed by atoms with van der Waals surface area (Å²) in [5.41, 5.74) is 0. The number of rotatable bonds is 23. The number of aliphatic carboxylic acids is 1. The lowest BCUT2D eigenvalue weighted by atomic mass is 9.96. The van der Waals surface area contributed by atoms with Crippen molar-refractivity contribution < 1.29 is 14.7 Å². The molecule has 0 aliphatic carbocycles. The summed E-state index contributed by atoms with van der Waals surface area (Å²) >= 11 is 0. The number of ketones is 1. The molecule has 29 heavy (non-hydrogen) atoms. The molecule has 172 valence electrons. The largest absolute Gasteiger partial charge is 0.481 e. The van der Waals surface area contributed by atoms with Gasteiger partial charge < -0.3 is 5.11 Å². The number of unbranched alkanes of at least 4 members (excludes halogenated alkanes) is 15. The molecule has 0 aliphatic heterocycles. The molecule has 0 radical (unpaired) electrons. The number of hydrogen-bond acceptors (Lipinski definition) is 2. The van der Waals surface area contributed by atoms with Crippen LogP contribution in [0.2, 0.25) is 0 Å². The Labute approximate surface area is 181 Å². The maximum Gasteiger partial charge on any atom is 0.303 e. The van der Waals surface area contributed by atoms with Gasteiger partial charge in [-0.1, -0.05) is 117 Å². The number of carboxylic acids is 1. The second kappa shape index (κ2) is 21.8. The van der Waals surface area contributed by atoms with E-state index in [4.69, 9.17) is 5.11 Å². The standard InChI is InChI=1S/C26H50O3/c1-3-4-20-24(2)23-25(27)21-18-16-14-12-10-8-6-5-7-9-11-13-15-17-19-22-26(28)29/h24H,3-23H2,1-2H3,(H,28,29)/t24-/m1/s1. The Hall–Kier alpha value is -0.860. The van der Waals surface area contributed by atoms with Crippen LogP contribution in [0.5, 0.6) is 0 Å². The molecule has 0 aliphatic rings. The normalized spacial score (nSPS) is 12.2. The Morgan fingerprint density at radius 1 is 0.621 bits per heavy atom. The first-order chi connectivity index (χ1) is 14.1. The molecule has 0 rings (SSSR count). The number of carbonyl (C=O) groups excluding carboxylic acids is 1. The summed E-state index contributed by atoms with van der Waals surface area (Å²) in [5, 5.41) is 8.58. The highest BCUT2D eigenvalue weighted by molar-refractivity contribution is 5.78. The minimum Gasteiger partial charge on any atom is -0.481 e. The Morgan fingerprint density at radius 3 is 1.38 bits per heavy atom. The van der Waals surface area contributed by atoms with Crippen molar-refractivity contribution in [2.45, 2.75) is 149 Å². The molecule has 0 spiro atoms. The number of carboxylic acid groups (broad SMARTS) is 1. The van der Waals surface area contributed by atoms with Crippen molar-refractivity contribution in [2.24, 2.45) is 5.92 Å². The third kappa shape index (κ3) is 23.3. The van der Waals surface area contributed by atoms with Crippen LogP contribution in [0.1, 0.15) is 149 Å². The molecule has 0 saturated carbocycles. The van der Waals surface area contributed by atoms with Crippen LogP contribution in [0.4, 0.5) is 0 Å². The zero-order chi connectivity index (χ0) is 21.6. The van der Waals surface area contributed by atoms with Gasteiger partial charge in [-0.2, -0.15) is 0 Å². The van der Waals surface area contributed by atoms with Gasteiger partial charge in [-0.05, 0) is 18.8 Å². The molecule has 0 aromatic heterocycles. The van der Waals surface area contributed by atoms with Gasteiger partial charge in [0.2, 0.25) is 0 Å². The molecule has 0 amide bonds. The van der Waals surface area contributed by atoms with Crippen molar-refractivity contribution in [2.75, 3.05) is 0 Å². The van der Waals surface area contributed by atoms with E-state index in [-0.39, 0.29) is 0 Å². The van der Waals surface area contributed by atoms with E-state index in [1.54, 1.807) is 0 Å². The lowest BCUT2D eigenvalue weighted by Gasteiger charge is -2.09. The van der Waals surface area contributed by atoms with E-state index in [9.17, 15) is 9.59 Å². The molecule has 0 fully saturated rings. The fourth-order valence-corrected chi connectivity index (χ4v) is 4.04. The van der Waals surface area contributed by atoms with Gasteiger partial charge in [0.25, 0.3) is 0 Å². The predicted molar refractivity (Wildman–Crippen MR) is 124 cm³/mol. The summed E-state index contributed by atoms with van der Waals surface area (Å²) < 4.78 is 0. The summed E-state index contributed by atoms with van der Waals surface area (Å²) in [5.74, 6) is 0.392. The van der Waals surface area contributed by atoms with Crippen LogP contribution < -0.4 is 0 Å². The van der Waals surface area contributed by atoms with Gasteiger partial charge in [0.05, 0.1) is 0 Å². The van der Waals surface area contributed by atoms with Gasteiger partial charge in [0, 0.05) is 19.3 Å². The first-order valence-corrected chi connectivity index (χ1v) is 12.8. The van der Waals surface area contributed by atoms with Crippen molar-refractivity contribution in [3.63, 3.8) is 0 Å². The Kier molecular flexibility index (Phi) is 21.2. The van der Waals surface area contributed by atoms with E-state index in [1.165, 1.54) is 96.3 Å². The fraction of sp³-hybridized carbons (Fsp3) is 0.923. The second-order valence-electron chi connectivity index (χ2n) is 9.19. The van der Waals surface area contributed by atoms with Crippen molar-refractivity contribution in [3.8, 4) is 0 Å². The van der Waals surface area contributed by atoms with E-state index < -0.39 is 5.97 Å². The van der Waals surface area contributed by atoms with Crippen LogP contribution in [-0.4, -0.2) is 16.9 Å². The van der Waals surface area contributed by atoms with Crippen molar-refractivity contribution in [3.05, 3.63) is 0 Å². The van der Waals surface area contributed by atoms with Gasteiger partial charge in [0.15, 0.2) is 0 Å². The monoisotopic (exact) mass is 410 g/mol. The van der Waals surface area contributed by atoms with Gasteiger partial charge in [-0.25, -0.2) is 0 Å². The lowest BCUT2D eigenvalue weighted by molar-refractivity contribution is -0.137. The van der Waals surface area contributed by atoms with Crippen molar-refractivity contribution in [1.82, 2.24) is 0 Å². The first kappa shape index (κ1) is 28.1. The molecular formula is C26H50O3. The summed E-state index contributed by atoms with van der Waals surface area (Å²) in [6, 6.07) is 0. The van der Waals surface area contributed by atoms with Crippen LogP contribution in [-0.2, 0) is 9.59 Å². The van der Waals surface area contributed by atoms with Crippen molar-refractivity contribution >= 4 is 11.8 Å². The molecule has 0 aromatic rings. The summed E-state index contributed by atoms with van der Waals surface area (Å²) in [7, 11) is 0. The predicted octanol–water partition coefficient (Wildman–Crippen LogP) is 8.49. The topological polar surface area (TPSA) is 54.4 Å². The summed E-state index contributed by atoms with van der Waals surface area (Å²) in [6.07, 6.45) is 24.4. The maximum absolute atomic E-state index is 12.0. The van der Waals surface area contributed by atoms with Gasteiger partial charge in [-0.15, -0.1) is 0 Å². The van der Waals surface area contributed by atoms with Gasteiger partial charge in [0.1, 0.15) is 5.78 Å². The van der Waals surface area contributed by atoms with E-state index in [0.29, 0.717) is 18.1 Å². The van der Waals surface area contributed by atoms with Crippen LogP contribution in [0, 0.1) is 5.92 Å². The minimum absolute atomic E-state index is 0.330. The minimum atomic E-state index is -0.664. The molecule has 0 bridgehead atoms. The molecule has 3 nitrogen and oxygen atoms in total.